The second-order valence-electron chi connectivity index (χ2n) is 5.42. The molecule has 0 aromatic carbocycles. The lowest BCUT2D eigenvalue weighted by Gasteiger charge is -2.21. The van der Waals surface area contributed by atoms with Crippen LogP contribution in [0.25, 0.3) is 0 Å². The molecule has 1 aromatic rings. The molecular weight excluding hydrogens is 246 g/mol. The molecule has 0 amide bonds. The van der Waals surface area contributed by atoms with Crippen LogP contribution >= 0.6 is 11.6 Å². The van der Waals surface area contributed by atoms with Gasteiger partial charge in [-0.1, -0.05) is 17.7 Å². The highest BCUT2D eigenvalue weighted by atomic mass is 35.5. The fourth-order valence-corrected chi connectivity index (χ4v) is 1.83. The Bertz CT molecular complexity index is 410. The van der Waals surface area contributed by atoms with Crippen LogP contribution in [0.3, 0.4) is 0 Å². The van der Waals surface area contributed by atoms with Gasteiger partial charge in [-0.2, -0.15) is 0 Å². The number of aromatic nitrogens is 1. The van der Waals surface area contributed by atoms with Gasteiger partial charge in [-0.3, -0.25) is 0 Å². The van der Waals surface area contributed by atoms with E-state index in [1.165, 1.54) is 0 Å². The predicted molar refractivity (Wildman–Crippen MR) is 79.3 cm³/mol. The maximum absolute atomic E-state index is 6.24. The van der Waals surface area contributed by atoms with E-state index in [0.717, 1.165) is 24.5 Å². The maximum Gasteiger partial charge on any atom is 0.147 e. The molecule has 1 aromatic heterocycles. The minimum absolute atomic E-state index is 0.0881. The number of anilines is 1. The molecule has 4 heteroatoms. The van der Waals surface area contributed by atoms with Gasteiger partial charge in [0.05, 0.1) is 5.02 Å². The van der Waals surface area contributed by atoms with E-state index >= 15 is 0 Å². The molecule has 0 saturated heterocycles. The molecule has 100 valence electrons. The first-order chi connectivity index (χ1) is 8.33. The van der Waals surface area contributed by atoms with Crippen molar-refractivity contribution >= 4 is 17.4 Å². The van der Waals surface area contributed by atoms with Crippen molar-refractivity contribution in [1.29, 1.82) is 0 Å². The molecule has 0 radical (unpaired) electrons. The van der Waals surface area contributed by atoms with E-state index < -0.39 is 0 Å². The van der Waals surface area contributed by atoms with Gasteiger partial charge in [-0.25, -0.2) is 4.98 Å². The minimum atomic E-state index is 0.0881. The Kier molecular flexibility index (Phi) is 5.17. The van der Waals surface area contributed by atoms with Gasteiger partial charge in [0, 0.05) is 31.9 Å². The Morgan fingerprint density at radius 1 is 1.50 bits per heavy atom. The van der Waals surface area contributed by atoms with E-state index in [9.17, 15) is 0 Å². The summed E-state index contributed by atoms with van der Waals surface area (Å²) < 4.78 is 0. The second-order valence-corrected chi connectivity index (χ2v) is 5.83. The minimum Gasteiger partial charge on any atom is -0.355 e. The van der Waals surface area contributed by atoms with Crippen LogP contribution in [-0.4, -0.2) is 24.1 Å². The number of hydrogen-bond acceptors (Lipinski definition) is 3. The van der Waals surface area contributed by atoms with E-state index in [2.05, 4.69) is 37.7 Å². The molecule has 0 aliphatic rings. The summed E-state index contributed by atoms with van der Waals surface area (Å²) in [6.45, 7) is 11.6. The molecule has 1 N–H and O–H groups in total. The van der Waals surface area contributed by atoms with E-state index in [4.69, 9.17) is 11.6 Å². The number of nitrogens with zero attached hydrogens (tertiary/aromatic N) is 2. The zero-order valence-electron chi connectivity index (χ0n) is 11.6. The quantitative estimate of drug-likeness (QED) is 0.830. The molecule has 1 heterocycles. The number of rotatable bonds is 5. The Labute approximate surface area is 115 Å². The number of likely N-dealkylation sites (N-methyl/N-ethyl adjacent to an activating group) is 1. The van der Waals surface area contributed by atoms with Crippen LogP contribution in [0.15, 0.2) is 24.9 Å². The van der Waals surface area contributed by atoms with Gasteiger partial charge < -0.3 is 10.2 Å². The molecule has 3 nitrogen and oxygen atoms in total. The van der Waals surface area contributed by atoms with E-state index in [1.54, 1.807) is 0 Å². The molecule has 0 aliphatic carbocycles. The van der Waals surface area contributed by atoms with Gasteiger partial charge in [0.2, 0.25) is 0 Å². The van der Waals surface area contributed by atoms with E-state index in [1.807, 2.05) is 30.3 Å². The van der Waals surface area contributed by atoms with Crippen LogP contribution < -0.4 is 10.2 Å². The molecule has 1 rings (SSSR count). The Morgan fingerprint density at radius 3 is 2.67 bits per heavy atom. The van der Waals surface area contributed by atoms with Crippen molar-refractivity contribution in [3.63, 3.8) is 0 Å². The number of nitrogens with one attached hydrogen (secondary N) is 1. The highest BCUT2D eigenvalue weighted by Crippen LogP contribution is 2.23. The third-order valence-corrected chi connectivity index (χ3v) is 2.74. The molecule has 0 fully saturated rings. The van der Waals surface area contributed by atoms with E-state index in [-0.39, 0.29) is 5.54 Å². The van der Waals surface area contributed by atoms with Gasteiger partial charge in [0.1, 0.15) is 5.82 Å². The van der Waals surface area contributed by atoms with Crippen LogP contribution in [-0.2, 0) is 6.54 Å². The molecule has 0 saturated carbocycles. The van der Waals surface area contributed by atoms with Gasteiger partial charge in [-0.15, -0.1) is 6.58 Å². The average Bonchev–Trinajstić information content (AvgIpc) is 2.25. The highest BCUT2D eigenvalue weighted by Gasteiger charge is 2.11. The predicted octanol–water partition coefficient (Wildman–Crippen LogP) is 3.25. The lowest BCUT2D eigenvalue weighted by Crippen LogP contribution is -2.35. The summed E-state index contributed by atoms with van der Waals surface area (Å²) in [5.74, 6) is 0.788. The van der Waals surface area contributed by atoms with Crippen molar-refractivity contribution in [3.8, 4) is 0 Å². The van der Waals surface area contributed by atoms with Crippen LogP contribution in [0.1, 0.15) is 26.3 Å². The highest BCUT2D eigenvalue weighted by molar-refractivity contribution is 6.33. The fourth-order valence-electron chi connectivity index (χ4n) is 1.50. The van der Waals surface area contributed by atoms with Crippen LogP contribution in [0.2, 0.25) is 5.02 Å². The maximum atomic E-state index is 6.24. The van der Waals surface area contributed by atoms with Gasteiger partial charge in [0.25, 0.3) is 0 Å². The van der Waals surface area contributed by atoms with Crippen LogP contribution in [0, 0.1) is 0 Å². The van der Waals surface area contributed by atoms with Crippen molar-refractivity contribution in [2.45, 2.75) is 32.9 Å². The standard InChI is InChI=1S/C14H22ClN3/c1-6-7-18(5)13-12(15)8-11(9-16-13)10-17-14(2,3)4/h6,8-9,17H,1,7,10H2,2-5H3. The molecule has 18 heavy (non-hydrogen) atoms. The molecule has 0 aliphatic heterocycles. The summed E-state index contributed by atoms with van der Waals surface area (Å²) in [5, 5.41) is 4.08. The lowest BCUT2D eigenvalue weighted by atomic mass is 10.1. The zero-order chi connectivity index (χ0) is 13.8. The van der Waals surface area contributed by atoms with Crippen molar-refractivity contribution in [1.82, 2.24) is 10.3 Å². The number of halogens is 1. The first-order valence-electron chi connectivity index (χ1n) is 6.05. The smallest absolute Gasteiger partial charge is 0.147 e. The largest absolute Gasteiger partial charge is 0.355 e. The van der Waals surface area contributed by atoms with Crippen molar-refractivity contribution in [2.24, 2.45) is 0 Å². The van der Waals surface area contributed by atoms with Crippen LogP contribution in [0.5, 0.6) is 0 Å². The zero-order valence-corrected chi connectivity index (χ0v) is 12.4. The van der Waals surface area contributed by atoms with E-state index in [0.29, 0.717) is 5.02 Å². The average molecular weight is 268 g/mol. The number of hydrogen-bond donors (Lipinski definition) is 1. The summed E-state index contributed by atoms with van der Waals surface area (Å²) in [6.07, 6.45) is 3.69. The van der Waals surface area contributed by atoms with Crippen molar-refractivity contribution in [3.05, 3.63) is 35.5 Å². The summed E-state index contributed by atoms with van der Waals surface area (Å²) in [6, 6.07) is 1.96. The third-order valence-electron chi connectivity index (χ3n) is 2.47. The molecule has 0 bridgehead atoms. The summed E-state index contributed by atoms with van der Waals surface area (Å²) >= 11 is 6.24. The molecule has 0 atom stereocenters. The van der Waals surface area contributed by atoms with Gasteiger partial charge >= 0.3 is 0 Å². The Hall–Kier alpha value is -1.06. The van der Waals surface area contributed by atoms with Crippen molar-refractivity contribution in [2.75, 3.05) is 18.5 Å². The Morgan fingerprint density at radius 2 is 2.17 bits per heavy atom. The summed E-state index contributed by atoms with van der Waals surface area (Å²) in [4.78, 5) is 6.37. The normalized spacial score (nSPS) is 11.4. The first-order valence-corrected chi connectivity index (χ1v) is 6.43. The molecule has 0 spiro atoms. The molecule has 0 unspecified atom stereocenters. The Balaban J connectivity index is 2.76. The number of pyridine rings is 1. The first kappa shape index (κ1) is 15.0. The second kappa shape index (κ2) is 6.21. The van der Waals surface area contributed by atoms with Crippen LogP contribution in [0.4, 0.5) is 5.82 Å². The SMILES string of the molecule is C=CCN(C)c1ncc(CNC(C)(C)C)cc1Cl. The third kappa shape index (κ3) is 4.67. The summed E-state index contributed by atoms with van der Waals surface area (Å²) in [5.41, 5.74) is 1.18. The van der Waals surface area contributed by atoms with Gasteiger partial charge in [-0.05, 0) is 32.4 Å². The van der Waals surface area contributed by atoms with Crippen molar-refractivity contribution < 1.29 is 0 Å². The fraction of sp³-hybridized carbons (Fsp3) is 0.500. The lowest BCUT2D eigenvalue weighted by molar-refractivity contribution is 0.424. The monoisotopic (exact) mass is 267 g/mol. The van der Waals surface area contributed by atoms with Gasteiger partial charge in [0.15, 0.2) is 0 Å². The summed E-state index contributed by atoms with van der Waals surface area (Å²) in [7, 11) is 1.95. The topological polar surface area (TPSA) is 28.2 Å². The molecular formula is C14H22ClN3.